The molecule has 1 atom stereocenters. The van der Waals surface area contributed by atoms with Crippen molar-refractivity contribution in [2.24, 2.45) is 11.8 Å². The first-order chi connectivity index (χ1) is 9.28. The Morgan fingerprint density at radius 3 is 2.58 bits per heavy atom. The zero-order valence-electron chi connectivity index (χ0n) is 11.3. The van der Waals surface area contributed by atoms with Crippen LogP contribution in [0.2, 0.25) is 0 Å². The SMILES string of the molecule is NNC(CCC1CCCC1)CSc1ccc(Br)cc1. The molecular formula is C15H23BrN2S. The molecule has 0 bridgehead atoms. The molecule has 1 fully saturated rings. The predicted molar refractivity (Wildman–Crippen MR) is 87.2 cm³/mol. The molecule has 2 nitrogen and oxygen atoms in total. The van der Waals surface area contributed by atoms with Gasteiger partial charge in [0.1, 0.15) is 0 Å². The quantitative estimate of drug-likeness (QED) is 0.439. The van der Waals surface area contributed by atoms with Gasteiger partial charge in [-0.05, 0) is 43.0 Å². The Balaban J connectivity index is 1.70. The minimum Gasteiger partial charge on any atom is -0.271 e. The van der Waals surface area contributed by atoms with Crippen LogP contribution in [-0.2, 0) is 0 Å². The number of hydrazine groups is 1. The molecule has 19 heavy (non-hydrogen) atoms. The number of thioether (sulfide) groups is 1. The number of rotatable bonds is 7. The third-order valence-corrected chi connectivity index (χ3v) is 5.60. The van der Waals surface area contributed by atoms with Crippen molar-refractivity contribution in [3.8, 4) is 0 Å². The van der Waals surface area contributed by atoms with Crippen LogP contribution in [0.5, 0.6) is 0 Å². The summed E-state index contributed by atoms with van der Waals surface area (Å²) in [6, 6.07) is 8.91. The molecule has 1 aliphatic carbocycles. The molecule has 0 heterocycles. The van der Waals surface area contributed by atoms with Crippen molar-refractivity contribution in [2.75, 3.05) is 5.75 Å². The van der Waals surface area contributed by atoms with Crippen molar-refractivity contribution >= 4 is 27.7 Å². The van der Waals surface area contributed by atoms with E-state index >= 15 is 0 Å². The Morgan fingerprint density at radius 2 is 1.95 bits per heavy atom. The summed E-state index contributed by atoms with van der Waals surface area (Å²) >= 11 is 5.34. The van der Waals surface area contributed by atoms with Crippen LogP contribution in [0.3, 0.4) is 0 Å². The average Bonchev–Trinajstić information content (AvgIpc) is 2.94. The van der Waals surface area contributed by atoms with E-state index in [2.05, 4.69) is 45.6 Å². The Labute approximate surface area is 129 Å². The van der Waals surface area contributed by atoms with Gasteiger partial charge in [0.05, 0.1) is 0 Å². The molecule has 0 spiro atoms. The molecule has 0 aliphatic heterocycles. The van der Waals surface area contributed by atoms with Crippen LogP contribution in [0.15, 0.2) is 33.6 Å². The lowest BCUT2D eigenvalue weighted by Crippen LogP contribution is -2.37. The maximum Gasteiger partial charge on any atom is 0.0304 e. The smallest absolute Gasteiger partial charge is 0.0304 e. The summed E-state index contributed by atoms with van der Waals surface area (Å²) in [5, 5.41) is 0. The van der Waals surface area contributed by atoms with Crippen molar-refractivity contribution in [3.63, 3.8) is 0 Å². The van der Waals surface area contributed by atoms with Gasteiger partial charge in [-0.2, -0.15) is 0 Å². The van der Waals surface area contributed by atoms with Crippen molar-refractivity contribution in [3.05, 3.63) is 28.7 Å². The highest BCUT2D eigenvalue weighted by atomic mass is 79.9. The number of hydrogen-bond donors (Lipinski definition) is 2. The van der Waals surface area contributed by atoms with E-state index in [-0.39, 0.29) is 0 Å². The third-order valence-electron chi connectivity index (χ3n) is 3.90. The lowest BCUT2D eigenvalue weighted by molar-refractivity contribution is 0.428. The van der Waals surface area contributed by atoms with Crippen molar-refractivity contribution in [1.29, 1.82) is 0 Å². The van der Waals surface area contributed by atoms with Crippen LogP contribution in [0.1, 0.15) is 38.5 Å². The Hall–Kier alpha value is -0.0300. The molecule has 0 amide bonds. The lowest BCUT2D eigenvalue weighted by Gasteiger charge is -2.17. The van der Waals surface area contributed by atoms with Gasteiger partial charge >= 0.3 is 0 Å². The molecule has 0 saturated heterocycles. The van der Waals surface area contributed by atoms with E-state index in [9.17, 15) is 0 Å². The Kier molecular flexibility index (Phi) is 6.71. The van der Waals surface area contributed by atoms with Gasteiger partial charge in [-0.15, -0.1) is 11.8 Å². The first-order valence-corrected chi connectivity index (χ1v) is 8.90. The molecule has 0 aromatic heterocycles. The summed E-state index contributed by atoms with van der Waals surface area (Å²) in [6.07, 6.45) is 8.24. The van der Waals surface area contributed by atoms with E-state index in [0.29, 0.717) is 6.04 Å². The fourth-order valence-corrected chi connectivity index (χ4v) is 3.93. The number of nitrogens with one attached hydrogen (secondary N) is 1. The highest BCUT2D eigenvalue weighted by molar-refractivity contribution is 9.10. The van der Waals surface area contributed by atoms with Gasteiger partial charge in [0.15, 0.2) is 0 Å². The van der Waals surface area contributed by atoms with E-state index in [1.54, 1.807) is 0 Å². The van der Waals surface area contributed by atoms with E-state index in [0.717, 1.165) is 16.1 Å². The number of hydrogen-bond acceptors (Lipinski definition) is 3. The van der Waals surface area contributed by atoms with E-state index in [4.69, 9.17) is 5.84 Å². The van der Waals surface area contributed by atoms with E-state index in [1.165, 1.54) is 43.4 Å². The third kappa shape index (κ3) is 5.46. The van der Waals surface area contributed by atoms with Gasteiger partial charge in [0, 0.05) is 21.2 Å². The summed E-state index contributed by atoms with van der Waals surface area (Å²) in [5.74, 6) is 7.67. The molecule has 106 valence electrons. The highest BCUT2D eigenvalue weighted by Gasteiger charge is 2.17. The molecule has 1 unspecified atom stereocenters. The average molecular weight is 343 g/mol. The van der Waals surface area contributed by atoms with Crippen LogP contribution in [-0.4, -0.2) is 11.8 Å². The van der Waals surface area contributed by atoms with Crippen LogP contribution in [0, 0.1) is 5.92 Å². The molecule has 3 N–H and O–H groups in total. The van der Waals surface area contributed by atoms with E-state index in [1.807, 2.05) is 11.8 Å². The molecule has 4 heteroatoms. The van der Waals surface area contributed by atoms with Gasteiger partial charge in [-0.1, -0.05) is 41.6 Å². The van der Waals surface area contributed by atoms with Crippen molar-refractivity contribution in [1.82, 2.24) is 5.43 Å². The van der Waals surface area contributed by atoms with Gasteiger partial charge in [0.25, 0.3) is 0 Å². The monoisotopic (exact) mass is 342 g/mol. The minimum absolute atomic E-state index is 0.425. The maximum atomic E-state index is 5.67. The number of benzene rings is 1. The molecule has 1 aromatic rings. The first kappa shape index (κ1) is 15.4. The Bertz CT molecular complexity index is 363. The maximum absolute atomic E-state index is 5.67. The second-order valence-electron chi connectivity index (χ2n) is 5.36. The van der Waals surface area contributed by atoms with E-state index < -0.39 is 0 Å². The lowest BCUT2D eigenvalue weighted by atomic mass is 9.99. The largest absolute Gasteiger partial charge is 0.271 e. The predicted octanol–water partition coefficient (Wildman–Crippen LogP) is 4.34. The normalized spacial score (nSPS) is 17.8. The zero-order chi connectivity index (χ0) is 13.5. The number of halogens is 1. The highest BCUT2D eigenvalue weighted by Crippen LogP contribution is 2.29. The van der Waals surface area contributed by atoms with Gasteiger partial charge in [0.2, 0.25) is 0 Å². The van der Waals surface area contributed by atoms with Gasteiger partial charge < -0.3 is 0 Å². The molecular weight excluding hydrogens is 320 g/mol. The van der Waals surface area contributed by atoms with Crippen LogP contribution in [0.25, 0.3) is 0 Å². The first-order valence-electron chi connectivity index (χ1n) is 7.12. The van der Waals surface area contributed by atoms with Crippen LogP contribution in [0.4, 0.5) is 0 Å². The molecule has 1 aromatic carbocycles. The van der Waals surface area contributed by atoms with Gasteiger partial charge in [-0.25, -0.2) is 0 Å². The summed E-state index contributed by atoms with van der Waals surface area (Å²) < 4.78 is 1.13. The van der Waals surface area contributed by atoms with Crippen molar-refractivity contribution < 1.29 is 0 Å². The summed E-state index contributed by atoms with van der Waals surface area (Å²) in [7, 11) is 0. The van der Waals surface area contributed by atoms with Crippen LogP contribution < -0.4 is 11.3 Å². The second-order valence-corrected chi connectivity index (χ2v) is 7.37. The minimum atomic E-state index is 0.425. The topological polar surface area (TPSA) is 38.0 Å². The van der Waals surface area contributed by atoms with Gasteiger partial charge in [-0.3, -0.25) is 11.3 Å². The number of nitrogens with two attached hydrogens (primary N) is 1. The zero-order valence-corrected chi connectivity index (χ0v) is 13.7. The van der Waals surface area contributed by atoms with Crippen LogP contribution >= 0.6 is 27.7 Å². The molecule has 1 aliphatic rings. The van der Waals surface area contributed by atoms with Crippen molar-refractivity contribution in [2.45, 2.75) is 49.5 Å². The molecule has 0 radical (unpaired) electrons. The second kappa shape index (κ2) is 8.30. The standard InChI is InChI=1S/C15H23BrN2S/c16-13-6-9-15(10-7-13)19-11-14(18-17)8-5-12-3-1-2-4-12/h6-7,9-10,12,14,18H,1-5,8,11,17H2. The fraction of sp³-hybridized carbons (Fsp3) is 0.600. The summed E-state index contributed by atoms with van der Waals surface area (Å²) in [6.45, 7) is 0. The fourth-order valence-electron chi connectivity index (χ4n) is 2.68. The Morgan fingerprint density at radius 1 is 1.26 bits per heavy atom. The molecule has 2 rings (SSSR count). The summed E-state index contributed by atoms with van der Waals surface area (Å²) in [4.78, 5) is 1.31. The molecule has 1 saturated carbocycles. The summed E-state index contributed by atoms with van der Waals surface area (Å²) in [5.41, 5.74) is 2.98.